The lowest BCUT2D eigenvalue weighted by Crippen LogP contribution is -1.90. The minimum atomic E-state index is -1.12. The van der Waals surface area contributed by atoms with E-state index >= 15 is 0 Å². The Hall–Kier alpha value is -1.31. The Balaban J connectivity index is 3.07. The van der Waals surface area contributed by atoms with Gasteiger partial charge in [0.25, 0.3) is 0 Å². The van der Waals surface area contributed by atoms with Crippen molar-refractivity contribution in [3.05, 3.63) is 42.8 Å². The highest BCUT2D eigenvalue weighted by atomic mass is 19.1. The zero-order chi connectivity index (χ0) is 9.84. The van der Waals surface area contributed by atoms with Gasteiger partial charge in [-0.25, -0.2) is 4.39 Å². The largest absolute Gasteiger partial charge is 0.508 e. The molecule has 1 radical (unpaired) electrons. The smallest absolute Gasteiger partial charge is 0.125 e. The van der Waals surface area contributed by atoms with Gasteiger partial charge in [0.05, 0.1) is 0 Å². The fourth-order valence-corrected chi connectivity index (χ4v) is 1.12. The zero-order valence-electron chi connectivity index (χ0n) is 7.33. The molecule has 1 rings (SSSR count). The van der Waals surface area contributed by atoms with Crippen molar-refractivity contribution >= 4 is 6.08 Å². The highest BCUT2D eigenvalue weighted by Gasteiger charge is 2.08. The Bertz CT molecular complexity index is 307. The van der Waals surface area contributed by atoms with Crippen molar-refractivity contribution in [2.75, 3.05) is 0 Å². The molecule has 13 heavy (non-hydrogen) atoms. The fraction of sp³-hybridized carbons (Fsp3) is 0.182. The lowest BCUT2D eigenvalue weighted by Gasteiger charge is -2.07. The predicted molar refractivity (Wildman–Crippen MR) is 52.0 cm³/mol. The van der Waals surface area contributed by atoms with Gasteiger partial charge in [-0.2, -0.15) is 0 Å². The number of halogens is 1. The molecule has 0 heterocycles. The van der Waals surface area contributed by atoms with Crippen molar-refractivity contribution in [1.82, 2.24) is 0 Å². The summed E-state index contributed by atoms with van der Waals surface area (Å²) in [5, 5.41) is 9.23. The van der Waals surface area contributed by atoms with Crippen molar-refractivity contribution in [2.45, 2.75) is 12.6 Å². The third-order valence-electron chi connectivity index (χ3n) is 1.81. The molecule has 0 aromatic heterocycles. The van der Waals surface area contributed by atoms with Gasteiger partial charge in [-0.15, -0.1) is 0 Å². The number of alkyl halides is 1. The second kappa shape index (κ2) is 4.08. The van der Waals surface area contributed by atoms with Gasteiger partial charge in [0.15, 0.2) is 0 Å². The molecule has 1 atom stereocenters. The number of rotatable bonds is 3. The van der Waals surface area contributed by atoms with Crippen molar-refractivity contribution in [3.63, 3.8) is 0 Å². The van der Waals surface area contributed by atoms with Crippen LogP contribution in [0.4, 0.5) is 4.39 Å². The average Bonchev–Trinajstić information content (AvgIpc) is 2.15. The van der Waals surface area contributed by atoms with E-state index in [0.717, 1.165) is 0 Å². The van der Waals surface area contributed by atoms with Crippen LogP contribution in [-0.2, 0) is 0 Å². The molecule has 0 bridgehead atoms. The standard InChI is InChI=1S/C11H12FO/c1-3-8-5-9(11(12)4-2)7-10(13)6-8/h3,5-7,11,13H,1-2,4H2. The summed E-state index contributed by atoms with van der Waals surface area (Å²) in [4.78, 5) is 0. The van der Waals surface area contributed by atoms with E-state index in [1.54, 1.807) is 12.1 Å². The third kappa shape index (κ3) is 2.31. The monoisotopic (exact) mass is 179 g/mol. The predicted octanol–water partition coefficient (Wildman–Crippen LogP) is 3.27. The lowest BCUT2D eigenvalue weighted by atomic mass is 10.0. The average molecular weight is 179 g/mol. The van der Waals surface area contributed by atoms with Crippen molar-refractivity contribution in [2.24, 2.45) is 0 Å². The normalized spacial score (nSPS) is 12.5. The number of hydrogen-bond acceptors (Lipinski definition) is 1. The fourth-order valence-electron chi connectivity index (χ4n) is 1.12. The summed E-state index contributed by atoms with van der Waals surface area (Å²) in [5.41, 5.74) is 1.16. The summed E-state index contributed by atoms with van der Waals surface area (Å²) in [5.74, 6) is 0.0588. The van der Waals surface area contributed by atoms with Crippen LogP contribution in [0.25, 0.3) is 6.08 Å². The highest BCUT2D eigenvalue weighted by Crippen LogP contribution is 2.26. The molecule has 0 aliphatic rings. The van der Waals surface area contributed by atoms with Crippen LogP contribution >= 0.6 is 0 Å². The van der Waals surface area contributed by atoms with Gasteiger partial charge in [0.2, 0.25) is 0 Å². The SMILES string of the molecule is [CH2]CC(F)c1cc(O)cc(C=C)c1. The summed E-state index contributed by atoms with van der Waals surface area (Å²) in [7, 11) is 0. The second-order valence-corrected chi connectivity index (χ2v) is 2.82. The molecule has 1 aromatic rings. The molecule has 0 saturated carbocycles. The maximum atomic E-state index is 13.2. The van der Waals surface area contributed by atoms with Gasteiger partial charge in [-0.1, -0.05) is 19.6 Å². The zero-order valence-corrected chi connectivity index (χ0v) is 7.33. The van der Waals surface area contributed by atoms with Crippen molar-refractivity contribution in [3.8, 4) is 5.75 Å². The molecule has 0 aliphatic carbocycles. The van der Waals surface area contributed by atoms with Crippen LogP contribution in [-0.4, -0.2) is 5.11 Å². The minimum absolute atomic E-state index is 0.0588. The Morgan fingerprint density at radius 3 is 2.69 bits per heavy atom. The van der Waals surface area contributed by atoms with Gasteiger partial charge < -0.3 is 5.11 Å². The van der Waals surface area contributed by atoms with E-state index in [4.69, 9.17) is 0 Å². The minimum Gasteiger partial charge on any atom is -0.508 e. The van der Waals surface area contributed by atoms with Gasteiger partial charge in [0.1, 0.15) is 11.9 Å². The van der Waals surface area contributed by atoms with Crippen LogP contribution < -0.4 is 0 Å². The van der Waals surface area contributed by atoms with Crippen LogP contribution in [0.3, 0.4) is 0 Å². The molecule has 69 valence electrons. The van der Waals surface area contributed by atoms with Crippen LogP contribution in [0.2, 0.25) is 0 Å². The molecule has 0 saturated heterocycles. The molecule has 1 aromatic carbocycles. The molecule has 0 spiro atoms. The first kappa shape index (κ1) is 9.78. The first-order valence-corrected chi connectivity index (χ1v) is 4.07. The van der Waals surface area contributed by atoms with Crippen molar-refractivity contribution in [1.29, 1.82) is 0 Å². The molecule has 1 nitrogen and oxygen atoms in total. The molecular weight excluding hydrogens is 167 g/mol. The van der Waals surface area contributed by atoms with E-state index in [-0.39, 0.29) is 12.2 Å². The van der Waals surface area contributed by atoms with Crippen LogP contribution in [0.1, 0.15) is 23.7 Å². The third-order valence-corrected chi connectivity index (χ3v) is 1.81. The molecule has 0 amide bonds. The first-order valence-electron chi connectivity index (χ1n) is 4.07. The van der Waals surface area contributed by atoms with Crippen LogP contribution in [0, 0.1) is 6.92 Å². The van der Waals surface area contributed by atoms with E-state index in [1.807, 2.05) is 0 Å². The Kier molecular flexibility index (Phi) is 3.07. The number of phenols is 1. The van der Waals surface area contributed by atoms with E-state index < -0.39 is 6.17 Å². The Morgan fingerprint density at radius 1 is 1.46 bits per heavy atom. The summed E-state index contributed by atoms with van der Waals surface area (Å²) in [6.07, 6.45) is 0.616. The molecule has 2 heteroatoms. The summed E-state index contributed by atoms with van der Waals surface area (Å²) in [6.45, 7) is 7.01. The first-order chi connectivity index (χ1) is 6.17. The summed E-state index contributed by atoms with van der Waals surface area (Å²) < 4.78 is 13.2. The number of hydrogen-bond donors (Lipinski definition) is 1. The molecule has 1 unspecified atom stereocenters. The molecular formula is C11H12FO. The number of benzene rings is 1. The second-order valence-electron chi connectivity index (χ2n) is 2.82. The molecule has 0 fully saturated rings. The van der Waals surface area contributed by atoms with Gasteiger partial charge in [-0.3, -0.25) is 0 Å². The van der Waals surface area contributed by atoms with E-state index in [1.165, 1.54) is 12.1 Å². The van der Waals surface area contributed by atoms with Gasteiger partial charge >= 0.3 is 0 Å². The lowest BCUT2D eigenvalue weighted by molar-refractivity contribution is 0.344. The number of aromatic hydroxyl groups is 1. The maximum Gasteiger partial charge on any atom is 0.125 e. The van der Waals surface area contributed by atoms with E-state index in [2.05, 4.69) is 13.5 Å². The maximum absolute atomic E-state index is 13.2. The summed E-state index contributed by atoms with van der Waals surface area (Å²) in [6, 6.07) is 4.59. The van der Waals surface area contributed by atoms with E-state index in [0.29, 0.717) is 11.1 Å². The van der Waals surface area contributed by atoms with Crippen LogP contribution in [0.5, 0.6) is 5.75 Å². The van der Waals surface area contributed by atoms with E-state index in [9.17, 15) is 9.50 Å². The van der Waals surface area contributed by atoms with Gasteiger partial charge in [0, 0.05) is 0 Å². The molecule has 1 N–H and O–H groups in total. The Labute approximate surface area is 77.5 Å². The molecule has 0 aliphatic heterocycles. The Morgan fingerprint density at radius 2 is 2.15 bits per heavy atom. The topological polar surface area (TPSA) is 20.2 Å². The quantitative estimate of drug-likeness (QED) is 0.755. The summed E-state index contributed by atoms with van der Waals surface area (Å²) >= 11 is 0. The van der Waals surface area contributed by atoms with Crippen molar-refractivity contribution < 1.29 is 9.50 Å². The van der Waals surface area contributed by atoms with Crippen LogP contribution in [0.15, 0.2) is 24.8 Å². The number of phenolic OH excluding ortho intramolecular Hbond substituents is 1. The highest BCUT2D eigenvalue weighted by molar-refractivity contribution is 5.51. The van der Waals surface area contributed by atoms with Gasteiger partial charge in [-0.05, 0) is 35.7 Å².